The van der Waals surface area contributed by atoms with E-state index in [1.165, 1.54) is 6.20 Å². The third-order valence-electron chi connectivity index (χ3n) is 1.94. The van der Waals surface area contributed by atoms with Crippen LogP contribution in [0.5, 0.6) is 0 Å². The summed E-state index contributed by atoms with van der Waals surface area (Å²) in [5.74, 6) is -1.19. The normalized spacial score (nSPS) is 11.6. The summed E-state index contributed by atoms with van der Waals surface area (Å²) >= 11 is 0. The zero-order chi connectivity index (χ0) is 12.7. The van der Waals surface area contributed by atoms with Gasteiger partial charge < -0.3 is 20.8 Å². The van der Waals surface area contributed by atoms with Crippen molar-refractivity contribution in [3.8, 4) is 0 Å². The van der Waals surface area contributed by atoms with Crippen molar-refractivity contribution in [2.24, 2.45) is 0 Å². The number of rotatable bonds is 5. The van der Waals surface area contributed by atoms with Crippen LogP contribution in [0.4, 0.5) is 10.5 Å². The number of aliphatic hydroxyl groups is 1. The Morgan fingerprint density at radius 2 is 2.24 bits per heavy atom. The molecule has 4 N–H and O–H groups in total. The summed E-state index contributed by atoms with van der Waals surface area (Å²) in [6, 6.07) is 1.49. The Labute approximate surface area is 97.5 Å². The van der Waals surface area contributed by atoms with Gasteiger partial charge in [0.15, 0.2) is 0 Å². The van der Waals surface area contributed by atoms with Gasteiger partial charge in [-0.15, -0.1) is 0 Å². The summed E-state index contributed by atoms with van der Waals surface area (Å²) in [5, 5.41) is 22.1. The number of anilines is 1. The number of pyridine rings is 1. The number of carbonyl (C=O) groups excluding carboxylic acids is 1. The van der Waals surface area contributed by atoms with Gasteiger partial charge in [-0.2, -0.15) is 0 Å². The van der Waals surface area contributed by atoms with Crippen LogP contribution >= 0.6 is 0 Å². The second-order valence-electron chi connectivity index (χ2n) is 3.24. The SMILES string of the molecule is O=C(Nc1cccnc1)NC(CCO)C(=O)O. The topological polar surface area (TPSA) is 112 Å². The van der Waals surface area contributed by atoms with Crippen LogP contribution in [0.3, 0.4) is 0 Å². The Balaban J connectivity index is 2.51. The summed E-state index contributed by atoms with van der Waals surface area (Å²) in [5.41, 5.74) is 0.457. The molecule has 1 aromatic rings. The van der Waals surface area contributed by atoms with Crippen LogP contribution in [-0.4, -0.2) is 39.8 Å². The highest BCUT2D eigenvalue weighted by Gasteiger charge is 2.18. The first-order valence-electron chi connectivity index (χ1n) is 4.94. The zero-order valence-corrected chi connectivity index (χ0v) is 8.96. The van der Waals surface area contributed by atoms with Gasteiger partial charge in [0.1, 0.15) is 6.04 Å². The van der Waals surface area contributed by atoms with Crippen LogP contribution in [0, 0.1) is 0 Å². The number of urea groups is 1. The minimum Gasteiger partial charge on any atom is -0.480 e. The van der Waals surface area contributed by atoms with Crippen molar-refractivity contribution in [2.75, 3.05) is 11.9 Å². The van der Waals surface area contributed by atoms with Gasteiger partial charge in [-0.25, -0.2) is 9.59 Å². The van der Waals surface area contributed by atoms with Crippen LogP contribution < -0.4 is 10.6 Å². The molecule has 0 aliphatic heterocycles. The number of amides is 2. The van der Waals surface area contributed by atoms with Gasteiger partial charge in [0, 0.05) is 19.2 Å². The van der Waals surface area contributed by atoms with E-state index in [1.807, 2.05) is 0 Å². The van der Waals surface area contributed by atoms with Gasteiger partial charge in [0.05, 0.1) is 11.9 Å². The molecule has 1 unspecified atom stereocenters. The second-order valence-corrected chi connectivity index (χ2v) is 3.24. The molecule has 0 radical (unpaired) electrons. The number of hydrogen-bond acceptors (Lipinski definition) is 4. The first-order valence-corrected chi connectivity index (χ1v) is 4.94. The third kappa shape index (κ3) is 4.47. The van der Waals surface area contributed by atoms with Gasteiger partial charge in [-0.1, -0.05) is 0 Å². The molecule has 0 fully saturated rings. The van der Waals surface area contributed by atoms with Crippen molar-refractivity contribution >= 4 is 17.7 Å². The fourth-order valence-electron chi connectivity index (χ4n) is 1.15. The number of carboxylic acid groups (broad SMARTS) is 1. The predicted molar refractivity (Wildman–Crippen MR) is 59.5 cm³/mol. The number of nitrogens with zero attached hydrogens (tertiary/aromatic N) is 1. The highest BCUT2D eigenvalue weighted by Crippen LogP contribution is 2.02. The molecule has 0 spiro atoms. The Hall–Kier alpha value is -2.15. The van der Waals surface area contributed by atoms with Crippen LogP contribution in [-0.2, 0) is 4.79 Å². The van der Waals surface area contributed by atoms with Gasteiger partial charge in [-0.05, 0) is 12.1 Å². The lowest BCUT2D eigenvalue weighted by Gasteiger charge is -2.13. The monoisotopic (exact) mass is 239 g/mol. The van der Waals surface area contributed by atoms with E-state index in [0.29, 0.717) is 5.69 Å². The molecule has 0 aliphatic carbocycles. The highest BCUT2D eigenvalue weighted by atomic mass is 16.4. The van der Waals surface area contributed by atoms with Gasteiger partial charge in [0.2, 0.25) is 0 Å². The summed E-state index contributed by atoms with van der Waals surface area (Å²) in [6.07, 6.45) is 2.94. The van der Waals surface area contributed by atoms with E-state index in [4.69, 9.17) is 10.2 Å². The standard InChI is InChI=1S/C10H13N3O4/c14-5-3-8(9(15)16)13-10(17)12-7-2-1-4-11-6-7/h1-2,4,6,8,14H,3,5H2,(H,15,16)(H2,12,13,17). The Morgan fingerprint density at radius 3 is 2.76 bits per heavy atom. The van der Waals surface area contributed by atoms with Gasteiger partial charge >= 0.3 is 12.0 Å². The van der Waals surface area contributed by atoms with Crippen molar-refractivity contribution in [1.82, 2.24) is 10.3 Å². The highest BCUT2D eigenvalue weighted by molar-refractivity contribution is 5.92. The first kappa shape index (κ1) is 12.9. The second kappa shape index (κ2) is 6.44. The summed E-state index contributed by atoms with van der Waals surface area (Å²) < 4.78 is 0. The van der Waals surface area contributed by atoms with Gasteiger partial charge in [0.25, 0.3) is 0 Å². The fourth-order valence-corrected chi connectivity index (χ4v) is 1.15. The quantitative estimate of drug-likeness (QED) is 0.579. The van der Waals surface area contributed by atoms with Crippen molar-refractivity contribution in [1.29, 1.82) is 0 Å². The Morgan fingerprint density at radius 1 is 1.47 bits per heavy atom. The summed E-state index contributed by atoms with van der Waals surface area (Å²) in [6.45, 7) is -0.315. The van der Waals surface area contributed by atoms with Crippen molar-refractivity contribution in [3.05, 3.63) is 24.5 Å². The maximum Gasteiger partial charge on any atom is 0.326 e. The number of aliphatic carboxylic acids is 1. The largest absolute Gasteiger partial charge is 0.480 e. The summed E-state index contributed by atoms with van der Waals surface area (Å²) in [4.78, 5) is 25.9. The number of nitrogens with one attached hydrogen (secondary N) is 2. The molecule has 0 bridgehead atoms. The molecule has 1 rings (SSSR count). The van der Waals surface area contributed by atoms with E-state index in [1.54, 1.807) is 18.3 Å². The lowest BCUT2D eigenvalue weighted by Crippen LogP contribution is -2.43. The first-order chi connectivity index (χ1) is 8.13. The average molecular weight is 239 g/mol. The minimum absolute atomic E-state index is 0.0458. The van der Waals surface area contributed by atoms with Crippen LogP contribution in [0.1, 0.15) is 6.42 Å². The molecular weight excluding hydrogens is 226 g/mol. The number of aliphatic hydroxyl groups excluding tert-OH is 1. The Bertz CT molecular complexity index is 382. The predicted octanol–water partition coefficient (Wildman–Crippen LogP) is 0.0387. The van der Waals surface area contributed by atoms with Crippen LogP contribution in [0.25, 0.3) is 0 Å². The number of hydrogen-bond donors (Lipinski definition) is 4. The fraction of sp³-hybridized carbons (Fsp3) is 0.300. The van der Waals surface area contributed by atoms with Crippen molar-refractivity contribution in [2.45, 2.75) is 12.5 Å². The number of aromatic nitrogens is 1. The average Bonchev–Trinajstić information content (AvgIpc) is 2.29. The summed E-state index contributed by atoms with van der Waals surface area (Å²) in [7, 11) is 0. The molecule has 92 valence electrons. The molecule has 1 heterocycles. The molecule has 0 aromatic carbocycles. The minimum atomic E-state index is -1.19. The molecule has 17 heavy (non-hydrogen) atoms. The molecule has 7 nitrogen and oxygen atoms in total. The van der Waals surface area contributed by atoms with E-state index in [9.17, 15) is 9.59 Å². The molecule has 1 aromatic heterocycles. The number of carbonyl (C=O) groups is 2. The van der Waals surface area contributed by atoms with Crippen molar-refractivity contribution < 1.29 is 19.8 Å². The molecule has 0 aliphatic rings. The molecular formula is C10H13N3O4. The van der Waals surface area contributed by atoms with Crippen molar-refractivity contribution in [3.63, 3.8) is 0 Å². The van der Waals surface area contributed by atoms with E-state index < -0.39 is 18.0 Å². The lowest BCUT2D eigenvalue weighted by atomic mass is 10.2. The molecule has 7 heteroatoms. The van der Waals surface area contributed by atoms with E-state index in [2.05, 4.69) is 15.6 Å². The van der Waals surface area contributed by atoms with Gasteiger partial charge in [-0.3, -0.25) is 4.98 Å². The number of carboxylic acids is 1. The smallest absolute Gasteiger partial charge is 0.326 e. The zero-order valence-electron chi connectivity index (χ0n) is 8.96. The molecule has 0 saturated carbocycles. The van der Waals surface area contributed by atoms with Crippen LogP contribution in [0.15, 0.2) is 24.5 Å². The molecule has 1 atom stereocenters. The molecule has 0 saturated heterocycles. The Kier molecular flexibility index (Phi) is 4.89. The molecule has 2 amide bonds. The third-order valence-corrected chi connectivity index (χ3v) is 1.94. The van der Waals surface area contributed by atoms with Crippen LogP contribution in [0.2, 0.25) is 0 Å². The maximum atomic E-state index is 11.4. The van der Waals surface area contributed by atoms with E-state index >= 15 is 0 Å². The lowest BCUT2D eigenvalue weighted by molar-refractivity contribution is -0.139. The van der Waals surface area contributed by atoms with E-state index in [0.717, 1.165) is 0 Å². The van der Waals surface area contributed by atoms with E-state index in [-0.39, 0.29) is 13.0 Å². The maximum absolute atomic E-state index is 11.4.